The van der Waals surface area contributed by atoms with E-state index in [4.69, 9.17) is 6.42 Å². The molecule has 4 aliphatic carbocycles. The van der Waals surface area contributed by atoms with Gasteiger partial charge >= 0.3 is 0 Å². The molecule has 0 aromatic rings. The molecular formula is C20H26O2. The average molecular weight is 298 g/mol. The van der Waals surface area contributed by atoms with E-state index in [2.05, 4.69) is 12.8 Å². The number of carbonyl (C=O) groups is 1. The van der Waals surface area contributed by atoms with Crippen molar-refractivity contribution in [2.75, 3.05) is 0 Å². The molecule has 3 fully saturated rings. The minimum Gasteiger partial charge on any atom is -0.391 e. The molecule has 1 N–H and O–H groups in total. The summed E-state index contributed by atoms with van der Waals surface area (Å²) < 4.78 is 0. The second kappa shape index (κ2) is 4.96. The highest BCUT2D eigenvalue weighted by Crippen LogP contribution is 2.62. The Morgan fingerprint density at radius 3 is 2.86 bits per heavy atom. The Labute approximate surface area is 133 Å². The van der Waals surface area contributed by atoms with Crippen LogP contribution in [0.4, 0.5) is 0 Å². The van der Waals surface area contributed by atoms with E-state index in [9.17, 15) is 9.90 Å². The summed E-state index contributed by atoms with van der Waals surface area (Å²) in [7, 11) is 0. The van der Waals surface area contributed by atoms with Gasteiger partial charge in [0.15, 0.2) is 5.78 Å². The van der Waals surface area contributed by atoms with E-state index < -0.39 is 0 Å². The van der Waals surface area contributed by atoms with Gasteiger partial charge in [0.25, 0.3) is 0 Å². The molecule has 0 spiro atoms. The molecule has 2 heteroatoms. The SMILES string of the molecule is C#C[C@@H]1CC2C3CCC4=CC(=O)CC[C@@H]4C3CC[C@]2(C)[C@H]1O. The van der Waals surface area contributed by atoms with Gasteiger partial charge in [-0.25, -0.2) is 0 Å². The minimum absolute atomic E-state index is 0.0178. The smallest absolute Gasteiger partial charge is 0.155 e. The summed E-state index contributed by atoms with van der Waals surface area (Å²) in [6.07, 6.45) is 14.6. The van der Waals surface area contributed by atoms with E-state index in [-0.39, 0.29) is 17.4 Å². The summed E-state index contributed by atoms with van der Waals surface area (Å²) in [5.41, 5.74) is 1.44. The zero-order valence-corrected chi connectivity index (χ0v) is 13.4. The highest BCUT2D eigenvalue weighted by molar-refractivity contribution is 5.91. The number of hydrogen-bond donors (Lipinski definition) is 1. The monoisotopic (exact) mass is 298 g/mol. The van der Waals surface area contributed by atoms with Gasteiger partial charge in [0.05, 0.1) is 6.10 Å². The number of terminal acetylenes is 1. The van der Waals surface area contributed by atoms with E-state index in [1.54, 1.807) is 0 Å². The maximum Gasteiger partial charge on any atom is 0.155 e. The molecule has 0 amide bonds. The fourth-order valence-electron chi connectivity index (χ4n) is 6.36. The second-order valence-electron chi connectivity index (χ2n) is 8.30. The van der Waals surface area contributed by atoms with E-state index in [0.29, 0.717) is 23.5 Å². The molecule has 0 heterocycles. The summed E-state index contributed by atoms with van der Waals surface area (Å²) in [6.45, 7) is 2.27. The maximum atomic E-state index is 11.7. The molecule has 7 atom stereocenters. The van der Waals surface area contributed by atoms with Gasteiger partial charge in [-0.1, -0.05) is 12.5 Å². The van der Waals surface area contributed by atoms with Gasteiger partial charge in [-0.3, -0.25) is 4.79 Å². The van der Waals surface area contributed by atoms with Gasteiger partial charge < -0.3 is 5.11 Å². The van der Waals surface area contributed by atoms with Crippen LogP contribution in [0.3, 0.4) is 0 Å². The number of aliphatic hydroxyl groups is 1. The number of allylic oxidation sites excluding steroid dienone is 1. The summed E-state index contributed by atoms with van der Waals surface area (Å²) in [6, 6.07) is 0. The van der Waals surface area contributed by atoms with Crippen molar-refractivity contribution in [3.63, 3.8) is 0 Å². The molecule has 0 aliphatic heterocycles. The van der Waals surface area contributed by atoms with Crippen molar-refractivity contribution < 1.29 is 9.90 Å². The quantitative estimate of drug-likeness (QED) is 0.696. The lowest BCUT2D eigenvalue weighted by molar-refractivity contribution is -0.116. The Bertz CT molecular complexity index is 569. The van der Waals surface area contributed by atoms with Crippen LogP contribution in [-0.4, -0.2) is 17.0 Å². The molecule has 22 heavy (non-hydrogen) atoms. The van der Waals surface area contributed by atoms with Crippen molar-refractivity contribution in [3.8, 4) is 12.3 Å². The molecule has 2 nitrogen and oxygen atoms in total. The van der Waals surface area contributed by atoms with Crippen molar-refractivity contribution in [1.29, 1.82) is 0 Å². The summed E-state index contributed by atoms with van der Waals surface area (Å²) in [5, 5.41) is 10.7. The molecule has 0 bridgehead atoms. The second-order valence-corrected chi connectivity index (χ2v) is 8.30. The van der Waals surface area contributed by atoms with Crippen LogP contribution in [0.25, 0.3) is 0 Å². The molecule has 4 aliphatic rings. The summed E-state index contributed by atoms with van der Waals surface area (Å²) >= 11 is 0. The molecular weight excluding hydrogens is 272 g/mol. The maximum absolute atomic E-state index is 11.7. The lowest BCUT2D eigenvalue weighted by atomic mass is 9.52. The zero-order chi connectivity index (χ0) is 15.5. The van der Waals surface area contributed by atoms with Crippen LogP contribution in [0.5, 0.6) is 0 Å². The van der Waals surface area contributed by atoms with Crippen molar-refractivity contribution >= 4 is 5.78 Å². The first kappa shape index (κ1) is 14.5. The molecule has 0 radical (unpaired) electrons. The number of carbonyl (C=O) groups excluding carboxylic acids is 1. The predicted molar refractivity (Wildman–Crippen MR) is 85.8 cm³/mol. The highest BCUT2D eigenvalue weighted by atomic mass is 16.3. The molecule has 118 valence electrons. The van der Waals surface area contributed by atoms with Crippen LogP contribution in [0, 0.1) is 47.3 Å². The summed E-state index contributed by atoms with van der Waals surface area (Å²) in [5.74, 6) is 5.83. The Kier molecular flexibility index (Phi) is 3.28. The first-order valence-electron chi connectivity index (χ1n) is 8.92. The third-order valence-electron chi connectivity index (χ3n) is 7.52. The number of fused-ring (bicyclic) bond motifs is 5. The van der Waals surface area contributed by atoms with Gasteiger partial charge in [0.1, 0.15) is 0 Å². The molecule has 0 saturated heterocycles. The third kappa shape index (κ3) is 1.88. The van der Waals surface area contributed by atoms with Gasteiger partial charge in [-0.2, -0.15) is 0 Å². The standard InChI is InChI=1S/C20H26O2/c1-3-12-11-18-17-6-4-13-10-14(21)5-7-15(13)16(17)8-9-20(18,2)19(12)22/h1,10,12,15-19,22H,4-9,11H2,2H3/t12-,15+,16?,17?,18?,19+,20+/m1/s1. The van der Waals surface area contributed by atoms with E-state index >= 15 is 0 Å². The Morgan fingerprint density at radius 1 is 1.27 bits per heavy atom. The average Bonchev–Trinajstić information content (AvgIpc) is 2.78. The lowest BCUT2D eigenvalue weighted by Gasteiger charge is -2.53. The van der Waals surface area contributed by atoms with Gasteiger partial charge in [-0.05, 0) is 73.7 Å². The molecule has 0 aromatic carbocycles. The van der Waals surface area contributed by atoms with Crippen molar-refractivity contribution in [3.05, 3.63) is 11.6 Å². The first-order chi connectivity index (χ1) is 10.5. The molecule has 3 saturated carbocycles. The van der Waals surface area contributed by atoms with Gasteiger partial charge in [-0.15, -0.1) is 12.3 Å². The van der Waals surface area contributed by atoms with Crippen LogP contribution < -0.4 is 0 Å². The fraction of sp³-hybridized carbons (Fsp3) is 0.750. The van der Waals surface area contributed by atoms with E-state index in [0.717, 1.165) is 38.0 Å². The normalized spacial score (nSPS) is 50.4. The highest BCUT2D eigenvalue weighted by Gasteiger charge is 2.58. The predicted octanol–water partition coefficient (Wildman–Crippen LogP) is 3.35. The van der Waals surface area contributed by atoms with Crippen LogP contribution >= 0.6 is 0 Å². The van der Waals surface area contributed by atoms with Gasteiger partial charge in [0.2, 0.25) is 0 Å². The summed E-state index contributed by atoms with van der Waals surface area (Å²) in [4.78, 5) is 11.7. The van der Waals surface area contributed by atoms with Crippen molar-refractivity contribution in [2.45, 2.75) is 58.0 Å². The number of hydrogen-bond acceptors (Lipinski definition) is 2. The minimum atomic E-state index is -0.326. The third-order valence-corrected chi connectivity index (χ3v) is 7.52. The van der Waals surface area contributed by atoms with Crippen LogP contribution in [0.1, 0.15) is 51.9 Å². The number of ketones is 1. The lowest BCUT2D eigenvalue weighted by Crippen LogP contribution is -2.47. The molecule has 3 unspecified atom stereocenters. The van der Waals surface area contributed by atoms with E-state index in [1.165, 1.54) is 18.4 Å². The van der Waals surface area contributed by atoms with Crippen molar-refractivity contribution in [2.24, 2.45) is 35.0 Å². The van der Waals surface area contributed by atoms with Gasteiger partial charge in [0, 0.05) is 12.3 Å². The fourth-order valence-corrected chi connectivity index (χ4v) is 6.36. The Morgan fingerprint density at radius 2 is 2.09 bits per heavy atom. The van der Waals surface area contributed by atoms with Crippen molar-refractivity contribution in [1.82, 2.24) is 0 Å². The zero-order valence-electron chi connectivity index (χ0n) is 13.4. The molecule has 4 rings (SSSR count). The number of rotatable bonds is 0. The topological polar surface area (TPSA) is 37.3 Å². The van der Waals surface area contributed by atoms with Crippen LogP contribution in [0.15, 0.2) is 11.6 Å². The Hall–Kier alpha value is -1.07. The van der Waals surface area contributed by atoms with Crippen LogP contribution in [0.2, 0.25) is 0 Å². The molecule has 0 aromatic heterocycles. The van der Waals surface area contributed by atoms with E-state index in [1.807, 2.05) is 6.08 Å². The van der Waals surface area contributed by atoms with Crippen LogP contribution in [-0.2, 0) is 4.79 Å². The first-order valence-corrected chi connectivity index (χ1v) is 8.92. The largest absolute Gasteiger partial charge is 0.391 e. The number of aliphatic hydroxyl groups excluding tert-OH is 1. The Balaban J connectivity index is 1.64.